The molecule has 0 aromatic carbocycles. The monoisotopic (exact) mass is 234 g/mol. The summed E-state index contributed by atoms with van der Waals surface area (Å²) < 4.78 is 0. The van der Waals surface area contributed by atoms with Crippen LogP contribution in [0.25, 0.3) is 0 Å². The van der Waals surface area contributed by atoms with Gasteiger partial charge in [-0.1, -0.05) is 0 Å². The maximum atomic E-state index is 11.3. The first-order valence-electron chi connectivity index (χ1n) is 5.80. The lowest BCUT2D eigenvalue weighted by Crippen LogP contribution is -2.35. The molecule has 1 spiro atoms. The molecule has 1 aromatic heterocycles. The first kappa shape index (κ1) is 10.4. The number of carboxylic acid groups (broad SMARTS) is 1. The van der Waals surface area contributed by atoms with E-state index in [2.05, 4.69) is 4.98 Å². The highest BCUT2D eigenvalue weighted by molar-refractivity contribution is 5.68. The van der Waals surface area contributed by atoms with Crippen LogP contribution in [0.2, 0.25) is 0 Å². The van der Waals surface area contributed by atoms with Crippen molar-refractivity contribution < 1.29 is 9.90 Å². The first-order chi connectivity index (χ1) is 8.11. The van der Waals surface area contributed by atoms with Gasteiger partial charge in [-0.2, -0.15) is 0 Å². The summed E-state index contributed by atoms with van der Waals surface area (Å²) in [6.45, 7) is 0.513. The number of pyridine rings is 1. The Labute approximate surface area is 98.1 Å². The lowest BCUT2D eigenvalue weighted by atomic mass is 9.96. The van der Waals surface area contributed by atoms with Gasteiger partial charge in [-0.3, -0.25) is 4.79 Å². The van der Waals surface area contributed by atoms with E-state index >= 15 is 0 Å². The minimum Gasteiger partial charge on any atom is -0.465 e. The summed E-state index contributed by atoms with van der Waals surface area (Å²) in [6.07, 6.45) is 3.55. The van der Waals surface area contributed by atoms with Crippen LogP contribution in [0.1, 0.15) is 30.7 Å². The van der Waals surface area contributed by atoms with Crippen LogP contribution in [0.5, 0.6) is 0 Å². The fourth-order valence-electron chi connectivity index (χ4n) is 2.89. The number of aromatic amines is 1. The summed E-state index contributed by atoms with van der Waals surface area (Å²) >= 11 is 0. The molecule has 0 radical (unpaired) electrons. The molecular formula is C12H14N2O3. The second-order valence-corrected chi connectivity index (χ2v) is 5.00. The van der Waals surface area contributed by atoms with E-state index in [9.17, 15) is 9.59 Å². The molecule has 17 heavy (non-hydrogen) atoms. The molecule has 1 aromatic rings. The van der Waals surface area contributed by atoms with E-state index < -0.39 is 6.09 Å². The van der Waals surface area contributed by atoms with Crippen molar-refractivity contribution in [1.82, 2.24) is 9.88 Å². The second kappa shape index (κ2) is 3.35. The Kier molecular flexibility index (Phi) is 2.05. The Morgan fingerprint density at radius 1 is 1.53 bits per heavy atom. The van der Waals surface area contributed by atoms with Crippen LogP contribution in [-0.4, -0.2) is 33.2 Å². The molecular weight excluding hydrogens is 220 g/mol. The number of rotatable bonds is 1. The molecule has 2 heterocycles. The van der Waals surface area contributed by atoms with Gasteiger partial charge in [0.2, 0.25) is 5.56 Å². The molecule has 1 amide bonds. The zero-order valence-electron chi connectivity index (χ0n) is 9.35. The number of hydrogen-bond donors (Lipinski definition) is 2. The van der Waals surface area contributed by atoms with Gasteiger partial charge in [0, 0.05) is 30.3 Å². The molecule has 1 unspecified atom stereocenters. The van der Waals surface area contributed by atoms with Gasteiger partial charge in [-0.25, -0.2) is 4.79 Å². The SMILES string of the molecule is O=C(O)N1CC(c2cc[nH]c(=O)c2)CC12CC2. The topological polar surface area (TPSA) is 73.4 Å². The van der Waals surface area contributed by atoms with E-state index in [0.717, 1.165) is 24.8 Å². The van der Waals surface area contributed by atoms with Crippen molar-refractivity contribution in [2.75, 3.05) is 6.54 Å². The third-order valence-electron chi connectivity index (χ3n) is 3.93. The Bertz CT molecular complexity index is 518. The van der Waals surface area contributed by atoms with Crippen LogP contribution in [0.3, 0.4) is 0 Å². The lowest BCUT2D eigenvalue weighted by Gasteiger charge is -2.19. The molecule has 90 valence electrons. The largest absolute Gasteiger partial charge is 0.465 e. The third-order valence-corrected chi connectivity index (χ3v) is 3.93. The van der Waals surface area contributed by atoms with Crippen molar-refractivity contribution in [2.45, 2.75) is 30.7 Å². The number of likely N-dealkylation sites (tertiary alicyclic amines) is 1. The van der Waals surface area contributed by atoms with Gasteiger partial charge in [0.15, 0.2) is 0 Å². The molecule has 1 aliphatic carbocycles. The van der Waals surface area contributed by atoms with E-state index in [1.54, 1.807) is 17.2 Å². The van der Waals surface area contributed by atoms with E-state index in [1.165, 1.54) is 0 Å². The quantitative estimate of drug-likeness (QED) is 0.770. The van der Waals surface area contributed by atoms with Gasteiger partial charge >= 0.3 is 6.09 Å². The molecule has 0 bridgehead atoms. The molecule has 1 saturated heterocycles. The van der Waals surface area contributed by atoms with Crippen LogP contribution in [-0.2, 0) is 0 Å². The summed E-state index contributed by atoms with van der Waals surface area (Å²) in [5.41, 5.74) is 0.698. The molecule has 2 aliphatic rings. The molecule has 1 aliphatic heterocycles. The van der Waals surface area contributed by atoms with E-state index in [0.29, 0.717) is 6.54 Å². The molecule has 3 rings (SSSR count). The van der Waals surface area contributed by atoms with Gasteiger partial charge in [0.05, 0.1) is 0 Å². The smallest absolute Gasteiger partial charge is 0.407 e. The van der Waals surface area contributed by atoms with Crippen molar-refractivity contribution in [3.8, 4) is 0 Å². The van der Waals surface area contributed by atoms with Crippen LogP contribution < -0.4 is 5.56 Å². The third kappa shape index (κ3) is 1.62. The summed E-state index contributed by atoms with van der Waals surface area (Å²) in [4.78, 5) is 26.5. The van der Waals surface area contributed by atoms with Crippen LogP contribution in [0, 0.1) is 0 Å². The van der Waals surface area contributed by atoms with Gasteiger partial charge < -0.3 is 15.0 Å². The van der Waals surface area contributed by atoms with Crippen molar-refractivity contribution in [2.24, 2.45) is 0 Å². The fourth-order valence-corrected chi connectivity index (χ4v) is 2.89. The Morgan fingerprint density at radius 3 is 2.82 bits per heavy atom. The fraction of sp³-hybridized carbons (Fsp3) is 0.500. The van der Waals surface area contributed by atoms with E-state index in [1.807, 2.05) is 6.07 Å². The maximum Gasteiger partial charge on any atom is 0.407 e. The van der Waals surface area contributed by atoms with Crippen molar-refractivity contribution in [1.29, 1.82) is 0 Å². The number of amides is 1. The van der Waals surface area contributed by atoms with Gasteiger partial charge in [0.1, 0.15) is 0 Å². The minimum atomic E-state index is -0.838. The highest BCUT2D eigenvalue weighted by Crippen LogP contribution is 2.53. The molecule has 1 saturated carbocycles. The average molecular weight is 234 g/mol. The number of aromatic nitrogens is 1. The van der Waals surface area contributed by atoms with Crippen LogP contribution in [0.4, 0.5) is 4.79 Å². The van der Waals surface area contributed by atoms with Gasteiger partial charge in [-0.05, 0) is 30.9 Å². The Morgan fingerprint density at radius 2 is 2.29 bits per heavy atom. The Balaban J connectivity index is 1.88. The summed E-state index contributed by atoms with van der Waals surface area (Å²) in [5, 5.41) is 9.17. The minimum absolute atomic E-state index is 0.124. The van der Waals surface area contributed by atoms with E-state index in [-0.39, 0.29) is 17.0 Å². The first-order valence-corrected chi connectivity index (χ1v) is 5.80. The highest BCUT2D eigenvalue weighted by Gasteiger charge is 2.56. The average Bonchev–Trinajstić information content (AvgIpc) is 2.91. The molecule has 5 nitrogen and oxygen atoms in total. The number of nitrogens with one attached hydrogen (secondary N) is 1. The maximum absolute atomic E-state index is 11.3. The highest BCUT2D eigenvalue weighted by atomic mass is 16.4. The zero-order chi connectivity index (χ0) is 12.0. The predicted octanol–water partition coefficient (Wildman–Crippen LogP) is 1.37. The number of hydrogen-bond acceptors (Lipinski definition) is 2. The van der Waals surface area contributed by atoms with E-state index in [4.69, 9.17) is 5.11 Å². The van der Waals surface area contributed by atoms with Crippen LogP contribution >= 0.6 is 0 Å². The predicted molar refractivity (Wildman–Crippen MR) is 61.1 cm³/mol. The summed E-state index contributed by atoms with van der Waals surface area (Å²) in [7, 11) is 0. The van der Waals surface area contributed by atoms with Crippen LogP contribution in [0.15, 0.2) is 23.1 Å². The van der Waals surface area contributed by atoms with Crippen molar-refractivity contribution in [3.63, 3.8) is 0 Å². The number of carbonyl (C=O) groups is 1. The summed E-state index contributed by atoms with van der Waals surface area (Å²) in [5.74, 6) is 0.163. The van der Waals surface area contributed by atoms with Gasteiger partial charge in [-0.15, -0.1) is 0 Å². The standard InChI is InChI=1S/C12H14N2O3/c15-10-5-8(1-4-13-10)9-6-12(2-3-12)14(7-9)11(16)17/h1,4-5,9H,2-3,6-7H2,(H,13,15)(H,16,17). The number of nitrogens with zero attached hydrogens (tertiary/aromatic N) is 1. The normalized spacial score (nSPS) is 25.2. The molecule has 1 atom stereocenters. The lowest BCUT2D eigenvalue weighted by molar-refractivity contribution is 0.135. The zero-order valence-corrected chi connectivity index (χ0v) is 9.35. The molecule has 2 N–H and O–H groups in total. The Hall–Kier alpha value is -1.78. The molecule has 5 heteroatoms. The van der Waals surface area contributed by atoms with Gasteiger partial charge in [0.25, 0.3) is 0 Å². The number of H-pyrrole nitrogens is 1. The molecule has 2 fully saturated rings. The second-order valence-electron chi connectivity index (χ2n) is 5.00. The summed E-state index contributed by atoms with van der Waals surface area (Å²) in [6, 6.07) is 3.44. The van der Waals surface area contributed by atoms with Crippen molar-refractivity contribution >= 4 is 6.09 Å². The van der Waals surface area contributed by atoms with Crippen molar-refractivity contribution in [3.05, 3.63) is 34.2 Å².